The van der Waals surface area contributed by atoms with Gasteiger partial charge in [0.05, 0.1) is 19.3 Å². The van der Waals surface area contributed by atoms with Crippen molar-refractivity contribution in [1.29, 1.82) is 0 Å². The lowest BCUT2D eigenvalue weighted by molar-refractivity contribution is 0.0519. The Morgan fingerprint density at radius 2 is 2.09 bits per heavy atom. The first-order valence-corrected chi connectivity index (χ1v) is 8.69. The molecule has 23 heavy (non-hydrogen) atoms. The van der Waals surface area contributed by atoms with E-state index in [4.69, 9.17) is 4.74 Å². The average Bonchev–Trinajstić information content (AvgIpc) is 2.58. The van der Waals surface area contributed by atoms with Crippen LogP contribution < -0.4 is 10.6 Å². The highest BCUT2D eigenvalue weighted by Gasteiger charge is 2.19. The van der Waals surface area contributed by atoms with Crippen molar-refractivity contribution in [2.75, 3.05) is 26.3 Å². The lowest BCUT2D eigenvalue weighted by Gasteiger charge is -2.32. The minimum Gasteiger partial charge on any atom is -0.378 e. The zero-order valence-electron chi connectivity index (χ0n) is 13.9. The van der Waals surface area contributed by atoms with Crippen molar-refractivity contribution in [1.82, 2.24) is 15.5 Å². The highest BCUT2D eigenvalue weighted by Crippen LogP contribution is 2.21. The van der Waals surface area contributed by atoms with E-state index in [0.29, 0.717) is 0 Å². The maximum atomic E-state index is 12.2. The molecule has 1 saturated heterocycles. The van der Waals surface area contributed by atoms with Gasteiger partial charge in [-0.3, -0.25) is 0 Å². The van der Waals surface area contributed by atoms with Crippen molar-refractivity contribution in [3.8, 4) is 0 Å². The second-order valence-electron chi connectivity index (χ2n) is 6.48. The second kappa shape index (κ2) is 7.68. The van der Waals surface area contributed by atoms with Gasteiger partial charge in [-0.05, 0) is 51.2 Å². The first kappa shape index (κ1) is 16.1. The van der Waals surface area contributed by atoms with Crippen LogP contribution in [0.1, 0.15) is 39.0 Å². The fourth-order valence-electron chi connectivity index (χ4n) is 3.39. The molecule has 1 unspecified atom stereocenters. The minimum atomic E-state index is -0.0841. The van der Waals surface area contributed by atoms with E-state index >= 15 is 0 Å². The molecule has 1 atom stereocenters. The lowest BCUT2D eigenvalue weighted by Crippen LogP contribution is -2.43. The van der Waals surface area contributed by atoms with E-state index in [1.54, 1.807) is 0 Å². The van der Waals surface area contributed by atoms with E-state index in [1.807, 2.05) is 6.08 Å². The van der Waals surface area contributed by atoms with Crippen LogP contribution in [0.5, 0.6) is 0 Å². The van der Waals surface area contributed by atoms with Gasteiger partial charge < -0.3 is 20.3 Å². The van der Waals surface area contributed by atoms with E-state index < -0.39 is 0 Å². The summed E-state index contributed by atoms with van der Waals surface area (Å²) in [4.78, 5) is 14.6. The van der Waals surface area contributed by atoms with Crippen molar-refractivity contribution in [3.63, 3.8) is 0 Å². The number of morpholine rings is 1. The normalized spacial score (nSPS) is 25.2. The maximum Gasteiger partial charge on any atom is 0.319 e. The van der Waals surface area contributed by atoms with Crippen LogP contribution in [0, 0.1) is 0 Å². The molecule has 2 amide bonds. The summed E-state index contributed by atoms with van der Waals surface area (Å²) in [7, 11) is 0. The van der Waals surface area contributed by atoms with Crippen LogP contribution in [0.15, 0.2) is 35.2 Å². The fraction of sp³-hybridized carbons (Fsp3) is 0.611. The van der Waals surface area contributed by atoms with Gasteiger partial charge in [0, 0.05) is 24.5 Å². The zero-order chi connectivity index (χ0) is 16.1. The Balaban J connectivity index is 1.51. The van der Waals surface area contributed by atoms with Crippen LogP contribution in [0.3, 0.4) is 0 Å². The van der Waals surface area contributed by atoms with Gasteiger partial charge in [-0.25, -0.2) is 4.79 Å². The molecule has 0 spiro atoms. The Morgan fingerprint density at radius 3 is 2.78 bits per heavy atom. The molecular formula is C18H27N3O2. The predicted octanol–water partition coefficient (Wildman–Crippen LogP) is 2.68. The number of rotatable bonds is 3. The van der Waals surface area contributed by atoms with Gasteiger partial charge in [0.15, 0.2) is 0 Å². The first-order chi connectivity index (χ1) is 11.2. The van der Waals surface area contributed by atoms with Gasteiger partial charge in [-0.1, -0.05) is 11.6 Å². The highest BCUT2D eigenvalue weighted by molar-refractivity contribution is 5.76. The molecule has 5 heteroatoms. The molecule has 2 N–H and O–H groups in total. The molecule has 0 saturated carbocycles. The van der Waals surface area contributed by atoms with Gasteiger partial charge in [0.1, 0.15) is 0 Å². The number of urea groups is 1. The van der Waals surface area contributed by atoms with Gasteiger partial charge in [0.25, 0.3) is 0 Å². The first-order valence-electron chi connectivity index (χ1n) is 8.69. The van der Waals surface area contributed by atoms with E-state index in [1.165, 1.54) is 11.3 Å². The summed E-state index contributed by atoms with van der Waals surface area (Å²) in [6, 6.07) is 0.103. The molecule has 126 valence electrons. The van der Waals surface area contributed by atoms with Crippen LogP contribution in [-0.2, 0) is 4.74 Å². The number of hydrogen-bond donors (Lipinski definition) is 2. The number of hydrogen-bond acceptors (Lipinski definition) is 3. The van der Waals surface area contributed by atoms with Crippen molar-refractivity contribution in [2.24, 2.45) is 0 Å². The van der Waals surface area contributed by atoms with Gasteiger partial charge in [-0.15, -0.1) is 0 Å². The number of carbonyl (C=O) groups excluding carboxylic acids is 1. The molecular weight excluding hydrogens is 290 g/mol. The Bertz CT molecular complexity index is 530. The van der Waals surface area contributed by atoms with Crippen LogP contribution >= 0.6 is 0 Å². The van der Waals surface area contributed by atoms with E-state index in [2.05, 4.69) is 34.6 Å². The third kappa shape index (κ3) is 4.38. The summed E-state index contributed by atoms with van der Waals surface area (Å²) in [5.41, 5.74) is 3.63. The molecule has 0 radical (unpaired) electrons. The number of nitrogens with one attached hydrogen (secondary N) is 2. The number of nitrogens with zero attached hydrogens (tertiary/aromatic N) is 1. The number of allylic oxidation sites excluding steroid dienone is 5. The Kier molecular flexibility index (Phi) is 5.39. The van der Waals surface area contributed by atoms with E-state index in [9.17, 15) is 4.79 Å². The van der Waals surface area contributed by atoms with Crippen molar-refractivity contribution in [2.45, 2.75) is 45.1 Å². The standard InChI is InChI=1S/C18H27N3O2/c1-14-4-2-3-5-17(14)20-18(22)19-15-6-8-16(9-7-15)21-10-12-23-13-11-21/h4,6,8,17H,2-3,5,7,9-13H2,1H3,(H2,19,20,22). The summed E-state index contributed by atoms with van der Waals surface area (Å²) in [6.07, 6.45) is 11.6. The van der Waals surface area contributed by atoms with Crippen LogP contribution in [0.2, 0.25) is 0 Å². The number of ether oxygens (including phenoxy) is 1. The summed E-state index contributed by atoms with van der Waals surface area (Å²) in [5.74, 6) is 0. The van der Waals surface area contributed by atoms with Crippen molar-refractivity contribution < 1.29 is 9.53 Å². The summed E-state index contributed by atoms with van der Waals surface area (Å²) < 4.78 is 5.39. The third-order valence-corrected chi connectivity index (χ3v) is 4.84. The Morgan fingerprint density at radius 1 is 1.26 bits per heavy atom. The SMILES string of the molecule is CC1=CCCCC1NC(=O)NC1=CC=C(N2CCOCC2)CC1. The molecule has 5 nitrogen and oxygen atoms in total. The molecule has 0 aromatic heterocycles. The van der Waals surface area contributed by atoms with Crippen LogP contribution in [-0.4, -0.2) is 43.3 Å². The Labute approximate surface area is 138 Å². The molecule has 1 aliphatic heterocycles. The quantitative estimate of drug-likeness (QED) is 0.787. The minimum absolute atomic E-state index is 0.0841. The van der Waals surface area contributed by atoms with Gasteiger partial charge in [0.2, 0.25) is 0 Å². The monoisotopic (exact) mass is 317 g/mol. The topological polar surface area (TPSA) is 53.6 Å². The zero-order valence-corrected chi connectivity index (χ0v) is 13.9. The third-order valence-electron chi connectivity index (χ3n) is 4.84. The molecule has 1 fully saturated rings. The fourth-order valence-corrected chi connectivity index (χ4v) is 3.39. The number of carbonyl (C=O) groups is 1. The van der Waals surface area contributed by atoms with Crippen molar-refractivity contribution >= 4 is 6.03 Å². The van der Waals surface area contributed by atoms with E-state index in [-0.39, 0.29) is 12.1 Å². The molecule has 3 rings (SSSR count). The maximum absolute atomic E-state index is 12.2. The largest absolute Gasteiger partial charge is 0.378 e. The summed E-state index contributed by atoms with van der Waals surface area (Å²) >= 11 is 0. The molecule has 0 bridgehead atoms. The van der Waals surface area contributed by atoms with Gasteiger partial charge >= 0.3 is 6.03 Å². The van der Waals surface area contributed by atoms with Crippen LogP contribution in [0.25, 0.3) is 0 Å². The molecule has 3 aliphatic rings. The molecule has 0 aromatic carbocycles. The van der Waals surface area contributed by atoms with Crippen LogP contribution in [0.4, 0.5) is 4.79 Å². The summed E-state index contributed by atoms with van der Waals surface area (Å²) in [6.45, 7) is 5.65. The molecule has 2 aliphatic carbocycles. The van der Waals surface area contributed by atoms with Crippen molar-refractivity contribution in [3.05, 3.63) is 35.2 Å². The lowest BCUT2D eigenvalue weighted by atomic mass is 9.95. The average molecular weight is 317 g/mol. The Hall–Kier alpha value is -1.75. The molecule has 0 aromatic rings. The summed E-state index contributed by atoms with van der Waals surface area (Å²) in [5, 5.41) is 6.09. The molecule has 1 heterocycles. The van der Waals surface area contributed by atoms with Gasteiger partial charge in [-0.2, -0.15) is 0 Å². The highest BCUT2D eigenvalue weighted by atomic mass is 16.5. The predicted molar refractivity (Wildman–Crippen MR) is 90.9 cm³/mol. The smallest absolute Gasteiger partial charge is 0.319 e. The second-order valence-corrected chi connectivity index (χ2v) is 6.48. The van der Waals surface area contributed by atoms with E-state index in [0.717, 1.165) is 64.1 Å². The number of amides is 2.